The van der Waals surface area contributed by atoms with E-state index in [4.69, 9.17) is 4.74 Å². The Morgan fingerprint density at radius 2 is 2.15 bits per heavy atom. The van der Waals surface area contributed by atoms with Crippen molar-refractivity contribution in [2.24, 2.45) is 11.3 Å². The highest BCUT2D eigenvalue weighted by molar-refractivity contribution is 5.74. The molecule has 0 radical (unpaired) electrons. The van der Waals surface area contributed by atoms with E-state index in [0.29, 0.717) is 32.6 Å². The Morgan fingerprint density at radius 1 is 1.42 bits per heavy atom. The normalized spacial score (nSPS) is 23.2. The van der Waals surface area contributed by atoms with E-state index in [-0.39, 0.29) is 25.5 Å². The van der Waals surface area contributed by atoms with Crippen LogP contribution in [0.4, 0.5) is 18.0 Å². The summed E-state index contributed by atoms with van der Waals surface area (Å²) >= 11 is 0. The first-order chi connectivity index (χ1) is 12.3. The van der Waals surface area contributed by atoms with Crippen LogP contribution in [0.1, 0.15) is 31.7 Å². The third-order valence-corrected chi connectivity index (χ3v) is 5.56. The molecule has 2 amide bonds. The Labute approximate surface area is 150 Å². The van der Waals surface area contributed by atoms with Crippen LogP contribution in [0.5, 0.6) is 0 Å². The van der Waals surface area contributed by atoms with Gasteiger partial charge in [-0.15, -0.1) is 0 Å². The van der Waals surface area contributed by atoms with Gasteiger partial charge in [0.25, 0.3) is 0 Å². The van der Waals surface area contributed by atoms with Gasteiger partial charge < -0.3 is 15.0 Å². The van der Waals surface area contributed by atoms with Crippen LogP contribution in [0, 0.1) is 11.3 Å². The second kappa shape index (κ2) is 7.46. The van der Waals surface area contributed by atoms with Gasteiger partial charge in [-0.1, -0.05) is 0 Å². The number of halogens is 3. The van der Waals surface area contributed by atoms with Crippen molar-refractivity contribution in [3.05, 3.63) is 18.0 Å². The van der Waals surface area contributed by atoms with Gasteiger partial charge in [0.2, 0.25) is 0 Å². The number of amides is 2. The number of nitrogens with zero attached hydrogens (tertiary/aromatic N) is 3. The molecule has 3 rings (SSSR count). The fourth-order valence-corrected chi connectivity index (χ4v) is 4.09. The average Bonchev–Trinajstić information content (AvgIpc) is 3.07. The number of carbonyl (C=O) groups excluding carboxylic acids is 1. The molecule has 1 unspecified atom stereocenters. The van der Waals surface area contributed by atoms with Crippen LogP contribution >= 0.6 is 0 Å². The highest BCUT2D eigenvalue weighted by Gasteiger charge is 2.56. The minimum atomic E-state index is -4.24. The number of urea groups is 1. The van der Waals surface area contributed by atoms with Gasteiger partial charge in [-0.3, -0.25) is 4.68 Å². The van der Waals surface area contributed by atoms with E-state index < -0.39 is 17.5 Å². The Balaban J connectivity index is 1.64. The molecule has 0 saturated carbocycles. The standard InChI is InChI=1S/C17H25F3N4O2/c1-2-24-11-13(10-22-24)9-21-15(25)23-6-3-14(17(18,19)20)16(12-23)4-7-26-8-5-16/h10-11,14H,2-9,12H2,1H3,(H,21,25). The minimum absolute atomic E-state index is 0.0509. The lowest BCUT2D eigenvalue weighted by atomic mass is 9.66. The van der Waals surface area contributed by atoms with Crippen LogP contribution in [0.15, 0.2) is 12.4 Å². The number of ether oxygens (including phenoxy) is 1. The highest BCUT2D eigenvalue weighted by atomic mass is 19.4. The minimum Gasteiger partial charge on any atom is -0.381 e. The van der Waals surface area contributed by atoms with Crippen molar-refractivity contribution in [1.29, 1.82) is 0 Å². The van der Waals surface area contributed by atoms with E-state index >= 15 is 0 Å². The first-order valence-corrected chi connectivity index (χ1v) is 9.02. The maximum Gasteiger partial charge on any atom is 0.392 e. The number of hydrogen-bond donors (Lipinski definition) is 1. The van der Waals surface area contributed by atoms with E-state index in [1.54, 1.807) is 10.9 Å². The zero-order valence-electron chi connectivity index (χ0n) is 14.9. The van der Waals surface area contributed by atoms with E-state index in [9.17, 15) is 18.0 Å². The Bertz CT molecular complexity index is 626. The summed E-state index contributed by atoms with van der Waals surface area (Å²) in [6.07, 6.45) is -0.0937. The van der Waals surface area contributed by atoms with Gasteiger partial charge in [-0.25, -0.2) is 4.79 Å². The van der Waals surface area contributed by atoms with Gasteiger partial charge in [-0.05, 0) is 26.2 Å². The topological polar surface area (TPSA) is 59.4 Å². The summed E-state index contributed by atoms with van der Waals surface area (Å²) < 4.78 is 47.6. The maximum atomic E-state index is 13.5. The van der Waals surface area contributed by atoms with Gasteiger partial charge in [0.1, 0.15) is 0 Å². The van der Waals surface area contributed by atoms with Crippen LogP contribution in [0.25, 0.3) is 0 Å². The molecule has 1 aromatic heterocycles. The van der Waals surface area contributed by atoms with Crippen molar-refractivity contribution < 1.29 is 22.7 Å². The van der Waals surface area contributed by atoms with Crippen molar-refractivity contribution in [1.82, 2.24) is 20.0 Å². The summed E-state index contributed by atoms with van der Waals surface area (Å²) in [4.78, 5) is 14.0. The molecular formula is C17H25F3N4O2. The molecule has 6 nitrogen and oxygen atoms in total. The van der Waals surface area contributed by atoms with Crippen molar-refractivity contribution in [3.8, 4) is 0 Å². The molecular weight excluding hydrogens is 349 g/mol. The predicted molar refractivity (Wildman–Crippen MR) is 88.4 cm³/mol. The van der Waals surface area contributed by atoms with Gasteiger partial charge >= 0.3 is 12.2 Å². The number of piperidine rings is 1. The molecule has 2 fully saturated rings. The molecule has 2 saturated heterocycles. The van der Waals surface area contributed by atoms with Crippen molar-refractivity contribution in [3.63, 3.8) is 0 Å². The lowest BCUT2D eigenvalue weighted by Crippen LogP contribution is -2.58. The van der Waals surface area contributed by atoms with Crippen LogP contribution in [0.2, 0.25) is 0 Å². The zero-order chi connectivity index (χ0) is 18.8. The number of nitrogens with one attached hydrogen (secondary N) is 1. The summed E-state index contributed by atoms with van der Waals surface area (Å²) in [6.45, 7) is 3.90. The predicted octanol–water partition coefficient (Wildman–Crippen LogP) is 2.79. The van der Waals surface area contributed by atoms with Crippen molar-refractivity contribution in [2.75, 3.05) is 26.3 Å². The fourth-order valence-electron chi connectivity index (χ4n) is 4.09. The summed E-state index contributed by atoms with van der Waals surface area (Å²) in [5.74, 6) is -1.37. The van der Waals surface area contributed by atoms with Crippen LogP contribution in [-0.4, -0.2) is 53.2 Å². The smallest absolute Gasteiger partial charge is 0.381 e. The summed E-state index contributed by atoms with van der Waals surface area (Å²) in [5.41, 5.74) is -0.0646. The number of hydrogen-bond acceptors (Lipinski definition) is 3. The van der Waals surface area contributed by atoms with Crippen molar-refractivity contribution in [2.45, 2.75) is 45.5 Å². The van der Waals surface area contributed by atoms with Gasteiger partial charge in [0.05, 0.1) is 12.1 Å². The summed E-state index contributed by atoms with van der Waals surface area (Å²) in [6, 6.07) is -0.319. The van der Waals surface area contributed by atoms with E-state index in [1.165, 1.54) is 4.90 Å². The third kappa shape index (κ3) is 3.97. The quantitative estimate of drug-likeness (QED) is 0.885. The molecule has 146 valence electrons. The first kappa shape index (κ1) is 19.0. The number of rotatable bonds is 3. The zero-order valence-corrected chi connectivity index (χ0v) is 14.9. The molecule has 1 spiro atoms. The number of alkyl halides is 3. The summed E-state index contributed by atoms with van der Waals surface area (Å²) in [5, 5.41) is 6.95. The molecule has 2 aliphatic heterocycles. The molecule has 9 heteroatoms. The Kier molecular flexibility index (Phi) is 5.45. The van der Waals surface area contributed by atoms with E-state index in [1.807, 2.05) is 13.1 Å². The van der Waals surface area contributed by atoms with Crippen LogP contribution in [0.3, 0.4) is 0 Å². The SMILES string of the molecule is CCn1cc(CNC(=O)N2CCC(C(F)(F)F)C3(CCOCC3)C2)cn1. The molecule has 0 aliphatic carbocycles. The van der Waals surface area contributed by atoms with Gasteiger partial charge in [0.15, 0.2) is 0 Å². The van der Waals surface area contributed by atoms with E-state index in [2.05, 4.69) is 10.4 Å². The Morgan fingerprint density at radius 3 is 2.77 bits per heavy atom. The van der Waals surface area contributed by atoms with Crippen molar-refractivity contribution >= 4 is 6.03 Å². The van der Waals surface area contributed by atoms with Crippen LogP contribution < -0.4 is 5.32 Å². The summed E-state index contributed by atoms with van der Waals surface area (Å²) in [7, 11) is 0. The van der Waals surface area contributed by atoms with Crippen LogP contribution in [-0.2, 0) is 17.8 Å². The first-order valence-electron chi connectivity index (χ1n) is 9.02. The number of likely N-dealkylation sites (tertiary alicyclic amines) is 1. The van der Waals surface area contributed by atoms with Gasteiger partial charge in [0, 0.05) is 56.6 Å². The molecule has 26 heavy (non-hydrogen) atoms. The number of aryl methyl sites for hydroxylation is 1. The third-order valence-electron chi connectivity index (χ3n) is 5.56. The molecule has 1 N–H and O–H groups in total. The lowest BCUT2D eigenvalue weighted by Gasteiger charge is -2.50. The number of aromatic nitrogens is 2. The lowest BCUT2D eigenvalue weighted by molar-refractivity contribution is -0.232. The maximum absolute atomic E-state index is 13.5. The molecule has 3 heterocycles. The average molecular weight is 374 g/mol. The molecule has 1 aromatic rings. The molecule has 2 aliphatic rings. The molecule has 1 atom stereocenters. The fraction of sp³-hybridized carbons (Fsp3) is 0.765. The molecule has 0 bridgehead atoms. The second-order valence-electron chi connectivity index (χ2n) is 7.14. The second-order valence-corrected chi connectivity index (χ2v) is 7.14. The van der Waals surface area contributed by atoms with Gasteiger partial charge in [-0.2, -0.15) is 18.3 Å². The Hall–Kier alpha value is -1.77. The molecule has 0 aromatic carbocycles. The number of carbonyl (C=O) groups is 1. The monoisotopic (exact) mass is 374 g/mol. The highest BCUT2D eigenvalue weighted by Crippen LogP contribution is 2.50. The largest absolute Gasteiger partial charge is 0.392 e. The van der Waals surface area contributed by atoms with E-state index in [0.717, 1.165) is 12.1 Å².